The smallest absolute Gasteiger partial charge is 0.335 e. The van der Waals surface area contributed by atoms with Crippen LogP contribution in [0.15, 0.2) is 97.1 Å². The number of carboxylic acid groups (broad SMARTS) is 3. The number of carbonyl (C=O) groups is 3. The minimum Gasteiger partial charge on any atom is -0.478 e. The molecule has 0 amide bonds. The van der Waals surface area contributed by atoms with Crippen LogP contribution in [0.25, 0.3) is 27.8 Å². The van der Waals surface area contributed by atoms with Crippen molar-refractivity contribution in [3.8, 4) is 22.3 Å². The molecule has 0 heterocycles. The molecule has 3 rings (SSSR count). The first-order valence-electron chi connectivity index (χ1n) is 10.3. The van der Waals surface area contributed by atoms with Crippen LogP contribution in [0.3, 0.4) is 0 Å². The molecule has 0 aromatic heterocycles. The van der Waals surface area contributed by atoms with Crippen molar-refractivity contribution in [2.24, 2.45) is 0 Å². The molecule has 0 bridgehead atoms. The Hall–Kier alpha value is -4.71. The average Bonchev–Trinajstić information content (AvgIpc) is 2.84. The second-order valence-electron chi connectivity index (χ2n) is 7.47. The summed E-state index contributed by atoms with van der Waals surface area (Å²) in [4.78, 5) is 33.5. The van der Waals surface area contributed by atoms with E-state index in [4.69, 9.17) is 5.11 Å². The van der Waals surface area contributed by atoms with E-state index in [1.165, 1.54) is 30.3 Å². The van der Waals surface area contributed by atoms with E-state index < -0.39 is 17.9 Å². The van der Waals surface area contributed by atoms with Gasteiger partial charge in [0.2, 0.25) is 0 Å². The van der Waals surface area contributed by atoms with Crippen LogP contribution in [-0.2, 0) is 4.79 Å². The molecule has 3 aromatic rings. The first-order valence-corrected chi connectivity index (χ1v) is 10.3. The van der Waals surface area contributed by atoms with E-state index in [2.05, 4.69) is 6.58 Å². The van der Waals surface area contributed by atoms with Crippen molar-refractivity contribution in [3.05, 3.63) is 114 Å². The lowest BCUT2D eigenvalue weighted by molar-refractivity contribution is -0.132. The van der Waals surface area contributed by atoms with Crippen LogP contribution in [0.1, 0.15) is 33.2 Å². The van der Waals surface area contributed by atoms with E-state index >= 15 is 0 Å². The Balaban J connectivity index is 2.14. The fourth-order valence-corrected chi connectivity index (χ4v) is 3.36. The Bertz CT molecular complexity index is 1250. The van der Waals surface area contributed by atoms with Crippen LogP contribution in [0, 0.1) is 0 Å². The van der Waals surface area contributed by atoms with Gasteiger partial charge in [-0.05, 0) is 88.9 Å². The van der Waals surface area contributed by atoms with E-state index in [-0.39, 0.29) is 16.7 Å². The minimum absolute atomic E-state index is 0.0516. The van der Waals surface area contributed by atoms with Crippen LogP contribution in [0.4, 0.5) is 0 Å². The first-order chi connectivity index (χ1) is 16.2. The quantitative estimate of drug-likeness (QED) is 0.284. The molecule has 0 radical (unpaired) electrons. The van der Waals surface area contributed by atoms with E-state index in [1.807, 2.05) is 31.2 Å². The van der Waals surface area contributed by atoms with Gasteiger partial charge in [-0.15, -0.1) is 0 Å². The van der Waals surface area contributed by atoms with Gasteiger partial charge in [-0.1, -0.05) is 43.0 Å². The third kappa shape index (κ3) is 5.55. The number of hydrogen-bond acceptors (Lipinski definition) is 3. The van der Waals surface area contributed by atoms with Gasteiger partial charge in [-0.3, -0.25) is 0 Å². The maximum Gasteiger partial charge on any atom is 0.335 e. The van der Waals surface area contributed by atoms with E-state index in [1.54, 1.807) is 30.3 Å². The van der Waals surface area contributed by atoms with Crippen molar-refractivity contribution in [3.63, 3.8) is 0 Å². The molecule has 0 fully saturated rings. The molecule has 0 atom stereocenters. The first kappa shape index (κ1) is 23.9. The lowest BCUT2D eigenvalue weighted by Crippen LogP contribution is -1.96. The third-order valence-corrected chi connectivity index (χ3v) is 5.25. The Morgan fingerprint density at radius 1 is 0.647 bits per heavy atom. The largest absolute Gasteiger partial charge is 0.478 e. The molecule has 170 valence electrons. The molecule has 3 N–H and O–H groups in total. The molecule has 0 saturated heterocycles. The van der Waals surface area contributed by atoms with Gasteiger partial charge in [-0.2, -0.15) is 0 Å². The third-order valence-electron chi connectivity index (χ3n) is 5.25. The summed E-state index contributed by atoms with van der Waals surface area (Å²) >= 11 is 0. The number of benzene rings is 3. The summed E-state index contributed by atoms with van der Waals surface area (Å²) in [6, 6.07) is 18.8. The predicted octanol–water partition coefficient (Wildman–Crippen LogP) is 6.02. The lowest BCUT2D eigenvalue weighted by Gasteiger charge is -2.12. The Morgan fingerprint density at radius 2 is 1.09 bits per heavy atom. The van der Waals surface area contributed by atoms with Crippen molar-refractivity contribution >= 4 is 23.5 Å². The maximum absolute atomic E-state index is 11.2. The topological polar surface area (TPSA) is 112 Å². The number of allylic oxidation sites excluding steroid dienone is 3. The number of aliphatic carboxylic acids is 1. The maximum atomic E-state index is 11.2. The van der Waals surface area contributed by atoms with Crippen molar-refractivity contribution in [2.45, 2.75) is 6.92 Å². The summed E-state index contributed by atoms with van der Waals surface area (Å²) in [5, 5.41) is 27.5. The highest BCUT2D eigenvalue weighted by Gasteiger charge is 2.10. The molecular formula is C28H22O6. The Morgan fingerprint density at radius 3 is 1.44 bits per heavy atom. The zero-order chi connectivity index (χ0) is 24.8. The van der Waals surface area contributed by atoms with E-state index in [0.717, 1.165) is 33.4 Å². The summed E-state index contributed by atoms with van der Waals surface area (Å²) in [7, 11) is 0. The number of rotatable bonds is 8. The highest BCUT2D eigenvalue weighted by Crippen LogP contribution is 2.32. The van der Waals surface area contributed by atoms with Gasteiger partial charge in [0, 0.05) is 0 Å². The minimum atomic E-state index is -1.11. The fourth-order valence-electron chi connectivity index (χ4n) is 3.36. The van der Waals surface area contributed by atoms with Crippen molar-refractivity contribution < 1.29 is 29.7 Å². The van der Waals surface area contributed by atoms with Gasteiger partial charge in [0.05, 0.1) is 16.7 Å². The van der Waals surface area contributed by atoms with Gasteiger partial charge in [-0.25, -0.2) is 14.4 Å². The van der Waals surface area contributed by atoms with Crippen molar-refractivity contribution in [2.75, 3.05) is 0 Å². The van der Waals surface area contributed by atoms with Crippen molar-refractivity contribution in [1.82, 2.24) is 0 Å². The van der Waals surface area contributed by atoms with Crippen LogP contribution in [0.2, 0.25) is 0 Å². The molecule has 6 heteroatoms. The number of carboxylic acids is 3. The Kier molecular flexibility index (Phi) is 7.23. The second kappa shape index (κ2) is 10.3. The van der Waals surface area contributed by atoms with Crippen LogP contribution >= 0.6 is 0 Å². The summed E-state index contributed by atoms with van der Waals surface area (Å²) in [5.41, 5.74) is 5.08. The van der Waals surface area contributed by atoms with Gasteiger partial charge >= 0.3 is 17.9 Å². The molecule has 0 spiro atoms. The second-order valence-corrected chi connectivity index (χ2v) is 7.47. The molecule has 0 aliphatic carbocycles. The zero-order valence-electron chi connectivity index (χ0n) is 18.4. The standard InChI is InChI=1S/C28H22O6/c1-3-18(5-4-17(2)26(29)30)23-14-24(19-6-10-21(11-7-19)27(31)32)16-25(15-23)20-8-12-22(13-9-20)28(33)34/h3-16H,2H2,1H3,(H,29,30)(H,31,32)(H,33,34)/b5-4-,18-3+. The average molecular weight is 454 g/mol. The monoisotopic (exact) mass is 454 g/mol. The lowest BCUT2D eigenvalue weighted by atomic mass is 9.92. The Labute approximate surface area is 196 Å². The summed E-state index contributed by atoms with van der Waals surface area (Å²) in [6.45, 7) is 5.35. The van der Waals surface area contributed by atoms with Crippen LogP contribution < -0.4 is 0 Å². The molecule has 34 heavy (non-hydrogen) atoms. The normalized spacial score (nSPS) is 11.4. The number of aromatic carboxylic acids is 2. The van der Waals surface area contributed by atoms with Gasteiger partial charge in [0.15, 0.2) is 0 Å². The van der Waals surface area contributed by atoms with Crippen LogP contribution in [-0.4, -0.2) is 33.2 Å². The fraction of sp³-hybridized carbons (Fsp3) is 0.0357. The predicted molar refractivity (Wildman–Crippen MR) is 131 cm³/mol. The van der Waals surface area contributed by atoms with Gasteiger partial charge in [0.1, 0.15) is 0 Å². The van der Waals surface area contributed by atoms with Gasteiger partial charge in [0.25, 0.3) is 0 Å². The molecule has 0 unspecified atom stereocenters. The SMILES string of the molecule is C=C(/C=C\C(=C/C)c1cc(-c2ccc(C(=O)O)cc2)cc(-c2ccc(C(=O)O)cc2)c1)C(=O)O. The highest BCUT2D eigenvalue weighted by molar-refractivity contribution is 5.92. The van der Waals surface area contributed by atoms with E-state index in [0.29, 0.717) is 0 Å². The molecule has 3 aromatic carbocycles. The number of hydrogen-bond donors (Lipinski definition) is 3. The van der Waals surface area contributed by atoms with Crippen LogP contribution in [0.5, 0.6) is 0 Å². The molecule has 6 nitrogen and oxygen atoms in total. The molecule has 0 aliphatic rings. The highest BCUT2D eigenvalue weighted by atomic mass is 16.4. The molecule has 0 aliphatic heterocycles. The summed E-state index contributed by atoms with van der Waals surface area (Å²) in [6.07, 6.45) is 4.93. The van der Waals surface area contributed by atoms with E-state index in [9.17, 15) is 24.6 Å². The summed E-state index contributed by atoms with van der Waals surface area (Å²) < 4.78 is 0. The van der Waals surface area contributed by atoms with Crippen molar-refractivity contribution in [1.29, 1.82) is 0 Å². The zero-order valence-corrected chi connectivity index (χ0v) is 18.4. The van der Waals surface area contributed by atoms with Gasteiger partial charge < -0.3 is 15.3 Å². The molecule has 0 saturated carbocycles. The molecular weight excluding hydrogens is 432 g/mol. The summed E-state index contributed by atoms with van der Waals surface area (Å²) in [5.74, 6) is -3.14.